The number of amides is 1. The Hall–Kier alpha value is -2.14. The van der Waals surface area contributed by atoms with Crippen molar-refractivity contribution in [1.29, 1.82) is 0 Å². The first-order valence-electron chi connectivity index (χ1n) is 8.01. The summed E-state index contributed by atoms with van der Waals surface area (Å²) >= 11 is 0. The summed E-state index contributed by atoms with van der Waals surface area (Å²) in [5.74, 6) is -0.346. The Morgan fingerprint density at radius 1 is 1.22 bits per heavy atom. The molecule has 1 saturated heterocycles. The summed E-state index contributed by atoms with van der Waals surface area (Å²) in [6, 6.07) is 8.51. The Morgan fingerprint density at radius 3 is 2.65 bits per heavy atom. The summed E-state index contributed by atoms with van der Waals surface area (Å²) in [6.45, 7) is 6.19. The van der Waals surface area contributed by atoms with E-state index >= 15 is 0 Å². The molecule has 2 heterocycles. The molecule has 122 valence electrons. The third-order valence-corrected chi connectivity index (χ3v) is 4.31. The van der Waals surface area contributed by atoms with E-state index in [1.165, 1.54) is 12.1 Å². The van der Waals surface area contributed by atoms with E-state index in [-0.39, 0.29) is 11.7 Å². The van der Waals surface area contributed by atoms with Crippen LogP contribution in [0.25, 0.3) is 0 Å². The third kappa shape index (κ3) is 3.45. The molecular weight excluding hydrogens is 293 g/mol. The van der Waals surface area contributed by atoms with E-state index in [0.717, 1.165) is 42.8 Å². The van der Waals surface area contributed by atoms with E-state index in [9.17, 15) is 9.18 Å². The first kappa shape index (κ1) is 15.7. The smallest absolute Gasteiger partial charge is 0.282 e. The minimum absolute atomic E-state index is 0.0890. The van der Waals surface area contributed by atoms with Crippen LogP contribution in [-0.2, 0) is 6.54 Å². The van der Waals surface area contributed by atoms with Crippen LogP contribution in [-0.4, -0.2) is 28.6 Å². The van der Waals surface area contributed by atoms with Gasteiger partial charge in [0.05, 0.1) is 0 Å². The van der Waals surface area contributed by atoms with Gasteiger partial charge >= 0.3 is 0 Å². The first-order valence-corrected chi connectivity index (χ1v) is 8.01. The molecule has 4 nitrogen and oxygen atoms in total. The lowest BCUT2D eigenvalue weighted by molar-refractivity contribution is 0.0815. The average Bonchev–Trinajstić information content (AvgIpc) is 3.08. The van der Waals surface area contributed by atoms with Crippen LogP contribution in [0.2, 0.25) is 0 Å². The van der Waals surface area contributed by atoms with Gasteiger partial charge in [-0.1, -0.05) is 12.1 Å². The van der Waals surface area contributed by atoms with Gasteiger partial charge in [0.15, 0.2) is 0 Å². The third-order valence-electron chi connectivity index (χ3n) is 4.31. The molecule has 0 radical (unpaired) electrons. The van der Waals surface area contributed by atoms with Crippen molar-refractivity contribution in [1.82, 2.24) is 15.0 Å². The number of hydrazine groups is 1. The first-order chi connectivity index (χ1) is 11.0. The van der Waals surface area contributed by atoms with Crippen molar-refractivity contribution in [2.24, 2.45) is 0 Å². The standard InChI is InChI=1S/C18H22FN3O/c1-13-10-14(2)22(12-15-6-5-7-16(19)11-15)17(13)18(23)20-21-8-3-4-9-21/h5-7,10-11H,3-4,8-9,12H2,1-2H3,(H,20,23). The maximum Gasteiger partial charge on any atom is 0.282 e. The van der Waals surface area contributed by atoms with Crippen molar-refractivity contribution in [2.75, 3.05) is 13.1 Å². The van der Waals surface area contributed by atoms with Crippen LogP contribution in [0.5, 0.6) is 0 Å². The number of hydrogen-bond donors (Lipinski definition) is 1. The second-order valence-corrected chi connectivity index (χ2v) is 6.17. The summed E-state index contributed by atoms with van der Waals surface area (Å²) in [4.78, 5) is 12.7. The van der Waals surface area contributed by atoms with Gasteiger partial charge in [-0.3, -0.25) is 10.2 Å². The van der Waals surface area contributed by atoms with Gasteiger partial charge < -0.3 is 4.57 Å². The number of nitrogens with zero attached hydrogens (tertiary/aromatic N) is 2. The molecule has 1 N–H and O–H groups in total. The molecule has 0 atom stereocenters. The molecule has 2 aromatic rings. The van der Waals surface area contributed by atoms with Crippen molar-refractivity contribution in [3.63, 3.8) is 0 Å². The maximum absolute atomic E-state index is 13.4. The highest BCUT2D eigenvalue weighted by molar-refractivity contribution is 5.94. The van der Waals surface area contributed by atoms with Crippen molar-refractivity contribution in [2.45, 2.75) is 33.2 Å². The van der Waals surface area contributed by atoms with Gasteiger partial charge in [-0.2, -0.15) is 0 Å². The predicted molar refractivity (Wildman–Crippen MR) is 87.7 cm³/mol. The topological polar surface area (TPSA) is 37.3 Å². The Morgan fingerprint density at radius 2 is 1.96 bits per heavy atom. The van der Waals surface area contributed by atoms with Gasteiger partial charge in [0.1, 0.15) is 11.5 Å². The number of halogens is 1. The molecule has 1 aromatic heterocycles. The molecule has 3 rings (SSSR count). The van der Waals surface area contributed by atoms with E-state index in [1.807, 2.05) is 35.6 Å². The zero-order chi connectivity index (χ0) is 16.4. The molecule has 0 saturated carbocycles. The molecule has 23 heavy (non-hydrogen) atoms. The van der Waals surface area contributed by atoms with E-state index in [4.69, 9.17) is 0 Å². The number of carbonyl (C=O) groups is 1. The van der Waals surface area contributed by atoms with E-state index < -0.39 is 0 Å². The second kappa shape index (κ2) is 6.54. The highest BCUT2D eigenvalue weighted by atomic mass is 19.1. The minimum Gasteiger partial charge on any atom is -0.336 e. The summed E-state index contributed by atoms with van der Waals surface area (Å²) in [5.41, 5.74) is 6.42. The number of rotatable bonds is 4. The zero-order valence-electron chi connectivity index (χ0n) is 13.6. The zero-order valence-corrected chi connectivity index (χ0v) is 13.6. The summed E-state index contributed by atoms with van der Waals surface area (Å²) in [7, 11) is 0. The normalized spacial score (nSPS) is 15.1. The fraction of sp³-hybridized carbons (Fsp3) is 0.389. The second-order valence-electron chi connectivity index (χ2n) is 6.17. The summed E-state index contributed by atoms with van der Waals surface area (Å²) < 4.78 is 15.4. The number of hydrogen-bond acceptors (Lipinski definition) is 2. The Labute approximate surface area is 135 Å². The van der Waals surface area contributed by atoms with Crippen LogP contribution >= 0.6 is 0 Å². The van der Waals surface area contributed by atoms with Crippen LogP contribution in [0.3, 0.4) is 0 Å². The van der Waals surface area contributed by atoms with Gasteiger partial charge in [-0.25, -0.2) is 9.40 Å². The molecule has 0 bridgehead atoms. The van der Waals surface area contributed by atoms with Crippen molar-refractivity contribution < 1.29 is 9.18 Å². The van der Waals surface area contributed by atoms with Crippen molar-refractivity contribution >= 4 is 5.91 Å². The fourth-order valence-electron chi connectivity index (χ4n) is 3.20. The van der Waals surface area contributed by atoms with E-state index in [2.05, 4.69) is 5.43 Å². The van der Waals surface area contributed by atoms with Crippen LogP contribution in [0.15, 0.2) is 30.3 Å². The monoisotopic (exact) mass is 315 g/mol. The number of aromatic nitrogens is 1. The number of nitrogens with one attached hydrogen (secondary N) is 1. The summed E-state index contributed by atoms with van der Waals surface area (Å²) in [5, 5.41) is 1.97. The predicted octanol–water partition coefficient (Wildman–Crippen LogP) is 3.03. The molecule has 1 aromatic carbocycles. The van der Waals surface area contributed by atoms with Crippen LogP contribution < -0.4 is 5.43 Å². The van der Waals surface area contributed by atoms with Crippen LogP contribution in [0, 0.1) is 19.7 Å². The van der Waals surface area contributed by atoms with Gasteiger partial charge in [-0.05, 0) is 56.0 Å². The van der Waals surface area contributed by atoms with Gasteiger partial charge in [-0.15, -0.1) is 0 Å². The molecule has 5 heteroatoms. The lowest BCUT2D eigenvalue weighted by Crippen LogP contribution is -2.41. The van der Waals surface area contributed by atoms with E-state index in [1.54, 1.807) is 6.07 Å². The Kier molecular flexibility index (Phi) is 4.48. The number of aryl methyl sites for hydroxylation is 2. The highest BCUT2D eigenvalue weighted by Crippen LogP contribution is 2.18. The molecule has 0 unspecified atom stereocenters. The van der Waals surface area contributed by atoms with Crippen molar-refractivity contribution in [3.05, 3.63) is 58.7 Å². The van der Waals surface area contributed by atoms with Gasteiger partial charge in [0, 0.05) is 25.3 Å². The van der Waals surface area contributed by atoms with Gasteiger partial charge in [0.25, 0.3) is 5.91 Å². The van der Waals surface area contributed by atoms with Crippen LogP contribution in [0.1, 0.15) is 40.2 Å². The molecule has 1 amide bonds. The maximum atomic E-state index is 13.4. The molecule has 0 aliphatic carbocycles. The highest BCUT2D eigenvalue weighted by Gasteiger charge is 2.21. The Bertz CT molecular complexity index is 717. The summed E-state index contributed by atoms with van der Waals surface area (Å²) in [6.07, 6.45) is 2.23. The Balaban J connectivity index is 1.86. The number of carbonyl (C=O) groups excluding carboxylic acids is 1. The number of benzene rings is 1. The molecule has 1 aliphatic rings. The van der Waals surface area contributed by atoms with Crippen molar-refractivity contribution in [3.8, 4) is 0 Å². The van der Waals surface area contributed by atoms with Crippen LogP contribution in [0.4, 0.5) is 4.39 Å². The molecule has 1 aliphatic heterocycles. The quantitative estimate of drug-likeness (QED) is 0.941. The van der Waals surface area contributed by atoms with E-state index in [0.29, 0.717) is 12.2 Å². The lowest BCUT2D eigenvalue weighted by Gasteiger charge is -2.18. The molecular formula is C18H22FN3O. The largest absolute Gasteiger partial charge is 0.336 e. The SMILES string of the molecule is Cc1cc(C)n(Cc2cccc(F)c2)c1C(=O)NN1CCCC1. The molecule has 1 fully saturated rings. The average molecular weight is 315 g/mol. The fourth-order valence-corrected chi connectivity index (χ4v) is 3.20. The lowest BCUT2D eigenvalue weighted by atomic mass is 10.2. The molecule has 0 spiro atoms. The van der Waals surface area contributed by atoms with Gasteiger partial charge in [0.2, 0.25) is 0 Å². The minimum atomic E-state index is -0.257.